The lowest BCUT2D eigenvalue weighted by molar-refractivity contribution is -0.128. The van der Waals surface area contributed by atoms with Crippen LogP contribution < -0.4 is 10.4 Å². The Morgan fingerprint density at radius 3 is 2.62 bits per heavy atom. The van der Waals surface area contributed by atoms with Crippen molar-refractivity contribution in [1.82, 2.24) is 19.5 Å². The lowest BCUT2D eigenvalue weighted by Crippen LogP contribution is -2.52. The number of aliphatic imine (C=N–C) groups is 1. The van der Waals surface area contributed by atoms with Crippen molar-refractivity contribution in [1.29, 1.82) is 0 Å². The van der Waals surface area contributed by atoms with Crippen LogP contribution in [0, 0.1) is 18.8 Å². The number of piperidine rings is 1. The Bertz CT molecular complexity index is 1020. The van der Waals surface area contributed by atoms with Crippen molar-refractivity contribution in [2.45, 2.75) is 70.3 Å². The second kappa shape index (κ2) is 10.1. The minimum Gasteiger partial charge on any atom is -0.369 e. The van der Waals surface area contributed by atoms with E-state index in [0.29, 0.717) is 31.0 Å². The molecule has 8 heteroatoms. The molecular formula is C26H37N6O2+. The van der Waals surface area contributed by atoms with Crippen LogP contribution in [0.1, 0.15) is 73.7 Å². The summed E-state index contributed by atoms with van der Waals surface area (Å²) in [4.78, 5) is 39.0. The van der Waals surface area contributed by atoms with Gasteiger partial charge in [-0.2, -0.15) is 0 Å². The van der Waals surface area contributed by atoms with Gasteiger partial charge in [0.1, 0.15) is 0 Å². The van der Waals surface area contributed by atoms with Crippen LogP contribution in [-0.2, 0) is 4.79 Å². The molecule has 2 N–H and O–H groups in total. The number of nitrogens with zero attached hydrogens (tertiary/aromatic N) is 5. The summed E-state index contributed by atoms with van der Waals surface area (Å²) in [5.41, 5.74) is 7.33. The number of aryl methyl sites for hydroxylation is 1. The number of rotatable bonds is 6. The molecule has 4 rings (SSSR count). The van der Waals surface area contributed by atoms with Crippen LogP contribution in [0.5, 0.6) is 0 Å². The number of guanidine groups is 1. The average molecular weight is 466 g/mol. The highest BCUT2D eigenvalue weighted by atomic mass is 16.2. The Kier molecular flexibility index (Phi) is 7.17. The van der Waals surface area contributed by atoms with Gasteiger partial charge in [-0.05, 0) is 62.5 Å². The third-order valence-electron chi connectivity index (χ3n) is 7.84. The van der Waals surface area contributed by atoms with Gasteiger partial charge in [-0.1, -0.05) is 19.3 Å². The molecule has 1 unspecified atom stereocenters. The highest BCUT2D eigenvalue weighted by Gasteiger charge is 2.57. The summed E-state index contributed by atoms with van der Waals surface area (Å²) in [6.45, 7) is 7.06. The van der Waals surface area contributed by atoms with E-state index in [9.17, 15) is 9.59 Å². The van der Waals surface area contributed by atoms with Crippen LogP contribution in [0.4, 0.5) is 0 Å². The minimum atomic E-state index is -1.11. The van der Waals surface area contributed by atoms with Crippen molar-refractivity contribution in [3.63, 3.8) is 0 Å². The largest absolute Gasteiger partial charge is 0.369 e. The van der Waals surface area contributed by atoms with E-state index in [0.717, 1.165) is 43.4 Å². The Morgan fingerprint density at radius 1 is 1.24 bits per heavy atom. The summed E-state index contributed by atoms with van der Waals surface area (Å²) in [6.07, 6.45) is 12.4. The predicted octanol–water partition coefficient (Wildman–Crippen LogP) is 2.34. The number of hydrogen-bond donors (Lipinski definition) is 1. The van der Waals surface area contributed by atoms with Gasteiger partial charge in [0.25, 0.3) is 18.5 Å². The normalized spacial score (nSPS) is 25.8. The van der Waals surface area contributed by atoms with Crippen LogP contribution in [0.25, 0.3) is 0 Å². The molecule has 1 aliphatic carbocycles. The lowest BCUT2D eigenvalue weighted by atomic mass is 9.75. The maximum absolute atomic E-state index is 13.6. The lowest BCUT2D eigenvalue weighted by Gasteiger charge is -2.35. The number of likely N-dealkylation sites (N-methyl/N-ethyl adjacent to an activating group) is 1. The summed E-state index contributed by atoms with van der Waals surface area (Å²) < 4.78 is 4.40. The third kappa shape index (κ3) is 4.64. The van der Waals surface area contributed by atoms with E-state index < -0.39 is 5.54 Å². The highest BCUT2D eigenvalue weighted by Crippen LogP contribution is 2.37. The van der Waals surface area contributed by atoms with E-state index >= 15 is 0 Å². The molecule has 0 radical (unpaired) electrons. The number of nitrogens with two attached hydrogens (primary N) is 1. The molecule has 1 aromatic rings. The van der Waals surface area contributed by atoms with Gasteiger partial charge in [0.2, 0.25) is 5.54 Å². The van der Waals surface area contributed by atoms with E-state index in [1.165, 1.54) is 24.2 Å². The van der Waals surface area contributed by atoms with Gasteiger partial charge in [-0.15, -0.1) is 4.67 Å². The Labute approximate surface area is 202 Å². The van der Waals surface area contributed by atoms with Gasteiger partial charge in [0.15, 0.2) is 5.96 Å². The molecule has 2 aliphatic heterocycles. The first kappa shape index (κ1) is 24.1. The molecule has 8 nitrogen and oxygen atoms in total. The summed E-state index contributed by atoms with van der Waals surface area (Å²) in [5, 5.41) is 0. The van der Waals surface area contributed by atoms with Crippen molar-refractivity contribution in [3.8, 4) is 0 Å². The smallest absolute Gasteiger partial charge is 0.317 e. The fourth-order valence-corrected chi connectivity index (χ4v) is 5.86. The molecule has 182 valence electrons. The van der Waals surface area contributed by atoms with Crippen molar-refractivity contribution in [3.05, 3.63) is 29.6 Å². The summed E-state index contributed by atoms with van der Waals surface area (Å²) in [6, 6.07) is 1.86. The molecule has 1 saturated carbocycles. The van der Waals surface area contributed by atoms with E-state index in [4.69, 9.17) is 10.7 Å². The summed E-state index contributed by atoms with van der Waals surface area (Å²) >= 11 is 0. The van der Waals surface area contributed by atoms with E-state index in [2.05, 4.69) is 16.4 Å². The van der Waals surface area contributed by atoms with Gasteiger partial charge < -0.3 is 10.6 Å². The van der Waals surface area contributed by atoms with Crippen molar-refractivity contribution < 1.29 is 9.59 Å². The molecule has 2 amide bonds. The second-order valence-electron chi connectivity index (χ2n) is 10.2. The monoisotopic (exact) mass is 465 g/mol. The standard InChI is InChI=1S/C26H37N6O2/c1-18-11-12-29-16-21(18)23(33)32-13-7-10-20(17-32)15-26(24(34)31(3)25(27)30-26)22(28-2)14-19-8-5-4-6-9-19/h11-12,16,19-20H,2,4-10,13-15,17H2,1,3H3,(H2,27,30)/q+1/t20?,26-/m1/s1. The second-order valence-corrected chi connectivity index (χ2v) is 10.2. The molecule has 3 heterocycles. The number of hydrogen-bond acceptors (Lipinski definition) is 5. The first-order valence-electron chi connectivity index (χ1n) is 12.5. The fourth-order valence-electron chi connectivity index (χ4n) is 5.86. The molecular weight excluding hydrogens is 428 g/mol. The Hall–Kier alpha value is -2.99. The van der Waals surface area contributed by atoms with E-state index in [1.807, 2.05) is 17.9 Å². The zero-order valence-electron chi connectivity index (χ0n) is 20.5. The molecule has 2 fully saturated rings. The van der Waals surface area contributed by atoms with Crippen molar-refractivity contribution in [2.24, 2.45) is 22.6 Å². The van der Waals surface area contributed by atoms with Crippen LogP contribution in [0.2, 0.25) is 0 Å². The van der Waals surface area contributed by atoms with Gasteiger partial charge >= 0.3 is 5.71 Å². The molecule has 1 saturated heterocycles. The van der Waals surface area contributed by atoms with Crippen molar-refractivity contribution in [2.75, 3.05) is 20.1 Å². The van der Waals surface area contributed by atoms with Gasteiger partial charge in [0.05, 0.1) is 12.0 Å². The number of amides is 2. The quantitative estimate of drug-likeness (QED) is 0.514. The molecule has 0 spiro atoms. The predicted molar refractivity (Wildman–Crippen MR) is 135 cm³/mol. The molecule has 34 heavy (non-hydrogen) atoms. The van der Waals surface area contributed by atoms with Crippen molar-refractivity contribution >= 4 is 30.2 Å². The Morgan fingerprint density at radius 2 is 1.97 bits per heavy atom. The van der Waals surface area contributed by atoms with Crippen LogP contribution in [0.3, 0.4) is 0 Å². The number of likely N-dealkylation sites (tertiary alicyclic amines) is 1. The van der Waals surface area contributed by atoms with Gasteiger partial charge in [0, 0.05) is 32.5 Å². The van der Waals surface area contributed by atoms with Crippen LogP contribution in [0.15, 0.2) is 23.5 Å². The van der Waals surface area contributed by atoms with E-state index in [1.54, 1.807) is 19.4 Å². The average Bonchev–Trinajstić information content (AvgIpc) is 3.07. The number of pyridine rings is 1. The van der Waals surface area contributed by atoms with Crippen LogP contribution in [-0.4, -0.2) is 70.7 Å². The number of carbonyl (C=O) groups excluding carboxylic acids is 2. The molecule has 3 aliphatic rings. The van der Waals surface area contributed by atoms with Crippen LogP contribution >= 0.6 is 0 Å². The number of aromatic nitrogens is 1. The Balaban J connectivity index is 1.57. The molecule has 1 aromatic heterocycles. The highest BCUT2D eigenvalue weighted by molar-refractivity contribution is 6.21. The molecule has 0 bridgehead atoms. The SMILES string of the molecule is C=[N+]=C(CC1CCCCC1)[C@@]1(CC2CCCN(C(=O)c3cnccc3C)C2)N=C(N)N(C)C1=O. The third-order valence-corrected chi connectivity index (χ3v) is 7.84. The summed E-state index contributed by atoms with van der Waals surface area (Å²) in [7, 11) is 1.67. The molecule has 0 aromatic carbocycles. The zero-order valence-corrected chi connectivity index (χ0v) is 20.5. The van der Waals surface area contributed by atoms with Gasteiger partial charge in [-0.25, -0.2) is 4.99 Å². The minimum absolute atomic E-state index is 0.00418. The fraction of sp³-hybridized carbons (Fsp3) is 0.615. The van der Waals surface area contributed by atoms with Gasteiger partial charge in [-0.3, -0.25) is 19.5 Å². The number of carbonyl (C=O) groups is 2. The molecule has 2 atom stereocenters. The first-order valence-corrected chi connectivity index (χ1v) is 12.5. The zero-order chi connectivity index (χ0) is 24.3. The topological polar surface area (TPSA) is 106 Å². The summed E-state index contributed by atoms with van der Waals surface area (Å²) in [5.74, 6) is 0.707. The van der Waals surface area contributed by atoms with E-state index in [-0.39, 0.29) is 23.7 Å². The first-order chi connectivity index (χ1) is 16.4. The maximum Gasteiger partial charge on any atom is 0.317 e. The maximum atomic E-state index is 13.6.